The summed E-state index contributed by atoms with van der Waals surface area (Å²) in [5.74, 6) is -0.820. The Bertz CT molecular complexity index is 1020. The molecule has 1 aliphatic heterocycles. The van der Waals surface area contributed by atoms with E-state index in [1.807, 2.05) is 12.2 Å². The van der Waals surface area contributed by atoms with Crippen LogP contribution in [0.4, 0.5) is 0 Å². The summed E-state index contributed by atoms with van der Waals surface area (Å²) in [4.78, 5) is 29.7. The van der Waals surface area contributed by atoms with Gasteiger partial charge in [-0.05, 0) is 48.5 Å². The van der Waals surface area contributed by atoms with Crippen molar-refractivity contribution in [3.05, 3.63) is 71.1 Å². The third kappa shape index (κ3) is 7.31. The van der Waals surface area contributed by atoms with Gasteiger partial charge >= 0.3 is 0 Å². The van der Waals surface area contributed by atoms with Gasteiger partial charge in [0.15, 0.2) is 0 Å². The van der Waals surface area contributed by atoms with E-state index in [1.54, 1.807) is 30.3 Å². The van der Waals surface area contributed by atoms with Crippen LogP contribution >= 0.6 is 11.6 Å². The molecule has 1 aromatic heterocycles. The molecule has 2 amide bonds. The molecule has 2 aromatic rings. The van der Waals surface area contributed by atoms with E-state index in [9.17, 15) is 9.59 Å². The molecular weight excluding hydrogens is 424 g/mol. The molecule has 6 nitrogen and oxygen atoms in total. The number of aromatic amines is 1. The van der Waals surface area contributed by atoms with Gasteiger partial charge < -0.3 is 9.88 Å². The average Bonchev–Trinajstić information content (AvgIpc) is 3.22. The van der Waals surface area contributed by atoms with Crippen LogP contribution in [0.3, 0.4) is 0 Å². The van der Waals surface area contributed by atoms with Gasteiger partial charge in [-0.15, -0.1) is 0 Å². The number of hydrogen-bond donors (Lipinski definition) is 3. The number of halogens is 1. The average molecular weight is 455 g/mol. The van der Waals surface area contributed by atoms with Gasteiger partial charge in [-0.3, -0.25) is 20.4 Å². The predicted octanol–water partition coefficient (Wildman–Crippen LogP) is 5.25. The summed E-state index contributed by atoms with van der Waals surface area (Å²) >= 11 is 5.98. The number of fused-ring (bicyclic) bond motifs is 1. The maximum Gasteiger partial charge on any atom is 0.286 e. The summed E-state index contributed by atoms with van der Waals surface area (Å²) in [5, 5.41) is 1.43. The van der Waals surface area contributed by atoms with Gasteiger partial charge in [0.1, 0.15) is 5.69 Å². The maximum atomic E-state index is 12.3. The van der Waals surface area contributed by atoms with E-state index in [1.165, 1.54) is 44.6 Å². The van der Waals surface area contributed by atoms with E-state index in [0.717, 1.165) is 29.6 Å². The molecule has 0 radical (unpaired) electrons. The number of allylic oxidation sites excluding steroid dienone is 2. The van der Waals surface area contributed by atoms with E-state index >= 15 is 0 Å². The summed E-state index contributed by atoms with van der Waals surface area (Å²) in [6, 6.07) is 7.01. The number of nitrogens with zero attached hydrogens (tertiary/aromatic N) is 1. The fourth-order valence-corrected chi connectivity index (χ4v) is 3.80. The lowest BCUT2D eigenvalue weighted by Crippen LogP contribution is -2.41. The standard InChI is InChI=1S/C25H31ClN4O2/c1-2-3-4-5-6-7-14-30-15-8-9-19(18-30)10-13-24(31)28-29-25(32)23-17-20-16-21(26)11-12-22(20)27-23/h8-13,15-17,27H,2-7,14,18H2,1H3,(H,28,31)(H,29,32)/b13-10+. The van der Waals surface area contributed by atoms with Crippen molar-refractivity contribution in [3.63, 3.8) is 0 Å². The Balaban J connectivity index is 1.40. The molecule has 7 heteroatoms. The summed E-state index contributed by atoms with van der Waals surface area (Å²) in [6.45, 7) is 4.03. The summed E-state index contributed by atoms with van der Waals surface area (Å²) < 4.78 is 0. The van der Waals surface area contributed by atoms with Crippen molar-refractivity contribution in [2.24, 2.45) is 0 Å². The van der Waals surface area contributed by atoms with E-state index < -0.39 is 11.8 Å². The second-order valence-electron chi connectivity index (χ2n) is 8.01. The van der Waals surface area contributed by atoms with Crippen molar-refractivity contribution in [1.29, 1.82) is 0 Å². The van der Waals surface area contributed by atoms with Crippen molar-refractivity contribution < 1.29 is 9.59 Å². The molecule has 0 saturated carbocycles. The van der Waals surface area contributed by atoms with Crippen LogP contribution in [0, 0.1) is 0 Å². The van der Waals surface area contributed by atoms with Crippen LogP contribution < -0.4 is 10.9 Å². The number of hydrogen-bond acceptors (Lipinski definition) is 3. The minimum Gasteiger partial charge on any atom is -0.373 e. The molecule has 2 heterocycles. The van der Waals surface area contributed by atoms with E-state index in [2.05, 4.69) is 33.9 Å². The molecule has 0 aliphatic carbocycles. The van der Waals surface area contributed by atoms with Crippen molar-refractivity contribution in [2.75, 3.05) is 13.1 Å². The largest absolute Gasteiger partial charge is 0.373 e. The van der Waals surface area contributed by atoms with Gasteiger partial charge in [0, 0.05) is 35.1 Å². The molecule has 0 saturated heterocycles. The smallest absolute Gasteiger partial charge is 0.286 e. The highest BCUT2D eigenvalue weighted by molar-refractivity contribution is 6.31. The number of amides is 2. The summed E-state index contributed by atoms with van der Waals surface area (Å²) in [6.07, 6.45) is 16.9. The zero-order chi connectivity index (χ0) is 22.8. The first-order valence-corrected chi connectivity index (χ1v) is 11.6. The first-order chi connectivity index (χ1) is 15.5. The number of benzene rings is 1. The Labute approximate surface area is 194 Å². The maximum absolute atomic E-state index is 12.3. The number of H-pyrrole nitrogens is 1. The van der Waals surface area contributed by atoms with Crippen LogP contribution in [0.25, 0.3) is 10.9 Å². The summed E-state index contributed by atoms with van der Waals surface area (Å²) in [5.41, 5.74) is 7.03. The molecule has 1 aliphatic rings. The van der Waals surface area contributed by atoms with Crippen LogP contribution in [0.1, 0.15) is 55.9 Å². The lowest BCUT2D eigenvalue weighted by molar-refractivity contribution is -0.117. The topological polar surface area (TPSA) is 77.2 Å². The fourth-order valence-electron chi connectivity index (χ4n) is 3.62. The Morgan fingerprint density at radius 2 is 1.94 bits per heavy atom. The second-order valence-corrected chi connectivity index (χ2v) is 8.45. The zero-order valence-electron chi connectivity index (χ0n) is 18.5. The molecule has 3 N–H and O–H groups in total. The number of rotatable bonds is 10. The van der Waals surface area contributed by atoms with Crippen LogP contribution in [0.5, 0.6) is 0 Å². The van der Waals surface area contributed by atoms with Gasteiger partial charge in [0.2, 0.25) is 0 Å². The predicted molar refractivity (Wildman–Crippen MR) is 130 cm³/mol. The highest BCUT2D eigenvalue weighted by Crippen LogP contribution is 2.20. The highest BCUT2D eigenvalue weighted by atomic mass is 35.5. The first-order valence-electron chi connectivity index (χ1n) is 11.2. The monoisotopic (exact) mass is 454 g/mol. The third-order valence-corrected chi connectivity index (χ3v) is 5.60. The molecule has 0 bridgehead atoms. The van der Waals surface area contributed by atoms with Crippen molar-refractivity contribution in [1.82, 2.24) is 20.7 Å². The molecule has 0 unspecified atom stereocenters. The van der Waals surface area contributed by atoms with Gasteiger partial charge in [0.25, 0.3) is 11.8 Å². The van der Waals surface area contributed by atoms with Crippen molar-refractivity contribution in [3.8, 4) is 0 Å². The quantitative estimate of drug-likeness (QED) is 0.260. The molecule has 0 fully saturated rings. The molecule has 0 spiro atoms. The molecule has 0 atom stereocenters. The van der Waals surface area contributed by atoms with Crippen molar-refractivity contribution in [2.45, 2.75) is 45.4 Å². The Kier molecular flexibility index (Phi) is 8.99. The molecular formula is C25H31ClN4O2. The fraction of sp³-hybridized carbons (Fsp3) is 0.360. The minimum atomic E-state index is -0.427. The van der Waals surface area contributed by atoms with Crippen LogP contribution in [-0.2, 0) is 4.79 Å². The molecule has 1 aromatic carbocycles. The summed E-state index contributed by atoms with van der Waals surface area (Å²) in [7, 11) is 0. The Hall–Kier alpha value is -2.99. The zero-order valence-corrected chi connectivity index (χ0v) is 19.3. The Morgan fingerprint density at radius 3 is 2.78 bits per heavy atom. The number of hydrazine groups is 1. The van der Waals surface area contributed by atoms with E-state index in [-0.39, 0.29) is 0 Å². The van der Waals surface area contributed by atoms with E-state index in [0.29, 0.717) is 10.7 Å². The minimum absolute atomic E-state index is 0.344. The third-order valence-electron chi connectivity index (χ3n) is 5.37. The number of unbranched alkanes of at least 4 members (excludes halogenated alkanes) is 5. The van der Waals surface area contributed by atoms with Gasteiger partial charge in [-0.25, -0.2) is 0 Å². The number of carbonyl (C=O) groups excluding carboxylic acids is 2. The molecule has 3 rings (SSSR count). The van der Waals surface area contributed by atoms with Crippen LogP contribution in [-0.4, -0.2) is 34.8 Å². The normalized spacial score (nSPS) is 13.6. The lowest BCUT2D eigenvalue weighted by atomic mass is 10.1. The van der Waals surface area contributed by atoms with Gasteiger partial charge in [-0.2, -0.15) is 0 Å². The first kappa shape index (κ1) is 23.7. The van der Waals surface area contributed by atoms with Gasteiger partial charge in [-0.1, -0.05) is 62.8 Å². The van der Waals surface area contributed by atoms with Crippen LogP contribution in [0.15, 0.2) is 60.3 Å². The lowest BCUT2D eigenvalue weighted by Gasteiger charge is -2.23. The number of aromatic nitrogens is 1. The second kappa shape index (κ2) is 12.2. The SMILES string of the molecule is CCCCCCCCN1C=CC=C(/C=C/C(=O)NNC(=O)c2cc3cc(Cl)ccc3[nH]2)C1. The molecule has 170 valence electrons. The number of nitrogens with one attached hydrogen (secondary N) is 3. The van der Waals surface area contributed by atoms with Crippen molar-refractivity contribution >= 4 is 34.3 Å². The van der Waals surface area contributed by atoms with Crippen LogP contribution in [0.2, 0.25) is 5.02 Å². The highest BCUT2D eigenvalue weighted by Gasteiger charge is 2.10. The Morgan fingerprint density at radius 1 is 1.12 bits per heavy atom. The number of carbonyl (C=O) groups is 2. The van der Waals surface area contributed by atoms with Gasteiger partial charge in [0.05, 0.1) is 0 Å². The van der Waals surface area contributed by atoms with E-state index in [4.69, 9.17) is 11.6 Å². The molecule has 32 heavy (non-hydrogen) atoms.